The molecule has 0 spiro atoms. The van der Waals surface area contributed by atoms with Crippen molar-refractivity contribution in [2.45, 2.75) is 44.3 Å². The predicted molar refractivity (Wildman–Crippen MR) is 135 cm³/mol. The van der Waals surface area contributed by atoms with Gasteiger partial charge in [0, 0.05) is 24.3 Å². The quantitative estimate of drug-likeness (QED) is 0.433. The van der Waals surface area contributed by atoms with Crippen LogP contribution in [-0.4, -0.2) is 32.5 Å². The first-order valence-corrected chi connectivity index (χ1v) is 12.3. The van der Waals surface area contributed by atoms with Gasteiger partial charge in [0.1, 0.15) is 5.82 Å². The number of amides is 2. The van der Waals surface area contributed by atoms with Gasteiger partial charge >= 0.3 is 0 Å². The van der Waals surface area contributed by atoms with Gasteiger partial charge in [-0.1, -0.05) is 36.4 Å². The topological polar surface area (TPSA) is 67.2 Å². The molecule has 1 saturated heterocycles. The van der Waals surface area contributed by atoms with Crippen molar-refractivity contribution >= 4 is 22.7 Å². The van der Waals surface area contributed by atoms with Crippen molar-refractivity contribution in [3.63, 3.8) is 0 Å². The summed E-state index contributed by atoms with van der Waals surface area (Å²) in [5, 5.41) is 8.64. The number of fused-ring (bicyclic) bond motifs is 1. The lowest BCUT2D eigenvalue weighted by atomic mass is 9.84. The van der Waals surface area contributed by atoms with Crippen LogP contribution >= 0.6 is 0 Å². The second-order valence-electron chi connectivity index (χ2n) is 9.96. The molecular weight excluding hydrogens is 455 g/mol. The number of carbonyl (C=O) groups is 2. The van der Waals surface area contributed by atoms with Crippen molar-refractivity contribution in [3.05, 3.63) is 95.9 Å². The van der Waals surface area contributed by atoms with E-state index in [2.05, 4.69) is 16.5 Å². The van der Waals surface area contributed by atoms with Gasteiger partial charge in [-0.25, -0.2) is 9.07 Å². The van der Waals surface area contributed by atoms with Crippen molar-refractivity contribution < 1.29 is 14.0 Å². The first-order valence-electron chi connectivity index (χ1n) is 12.3. The van der Waals surface area contributed by atoms with Gasteiger partial charge in [-0.15, -0.1) is 0 Å². The Morgan fingerprint density at radius 3 is 2.56 bits per heavy atom. The fourth-order valence-electron chi connectivity index (χ4n) is 5.27. The molecule has 4 aromatic rings. The molecule has 1 aliphatic carbocycles. The smallest absolute Gasteiger partial charge is 0.225 e. The van der Waals surface area contributed by atoms with Crippen molar-refractivity contribution in [3.8, 4) is 5.69 Å². The third kappa shape index (κ3) is 3.85. The van der Waals surface area contributed by atoms with E-state index in [9.17, 15) is 14.0 Å². The van der Waals surface area contributed by atoms with Gasteiger partial charge in [0.15, 0.2) is 0 Å². The van der Waals surface area contributed by atoms with Crippen molar-refractivity contribution in [1.82, 2.24) is 20.0 Å². The number of hydrogen-bond acceptors (Lipinski definition) is 3. The Balaban J connectivity index is 1.41. The summed E-state index contributed by atoms with van der Waals surface area (Å²) in [4.78, 5) is 28.0. The zero-order valence-electron chi connectivity index (χ0n) is 20.0. The summed E-state index contributed by atoms with van der Waals surface area (Å²) in [5.74, 6) is -0.187. The monoisotopic (exact) mass is 482 g/mol. The van der Waals surface area contributed by atoms with Crippen molar-refractivity contribution in [2.75, 3.05) is 0 Å². The van der Waals surface area contributed by atoms with Crippen LogP contribution in [0.15, 0.2) is 79.0 Å². The lowest BCUT2D eigenvalue weighted by Crippen LogP contribution is -2.52. The highest BCUT2D eigenvalue weighted by atomic mass is 19.1. The number of nitrogens with zero attached hydrogens (tertiary/aromatic N) is 3. The SMILES string of the molecule is C[C@@]1(c2ccc3c(cnn3-c3ccc(F)cc3)c2)[C@@H](NC(=O)C2CC2)CC(=O)N1Cc1ccccc1. The van der Waals surface area contributed by atoms with E-state index in [-0.39, 0.29) is 36.0 Å². The second-order valence-corrected chi connectivity index (χ2v) is 9.96. The van der Waals surface area contributed by atoms with E-state index < -0.39 is 5.54 Å². The fourth-order valence-corrected chi connectivity index (χ4v) is 5.27. The minimum atomic E-state index is -0.732. The Morgan fingerprint density at radius 1 is 1.08 bits per heavy atom. The van der Waals surface area contributed by atoms with E-state index in [1.165, 1.54) is 12.1 Å². The zero-order chi connectivity index (χ0) is 24.9. The Morgan fingerprint density at radius 2 is 1.83 bits per heavy atom. The molecule has 2 amide bonds. The maximum Gasteiger partial charge on any atom is 0.225 e. The van der Waals surface area contributed by atoms with Gasteiger partial charge in [-0.05, 0) is 67.3 Å². The standard InChI is InChI=1S/C29H27FN4O2/c1-29(22-9-14-25-21(15-22)17-31-34(25)24-12-10-23(30)11-13-24)26(32-28(36)20-7-8-20)16-27(35)33(29)18-19-5-3-2-4-6-19/h2-6,9-15,17,20,26H,7-8,16,18H2,1H3,(H,32,36)/t26-,29+/m0/s1. The molecule has 2 heterocycles. The van der Waals surface area contributed by atoms with E-state index in [1.807, 2.05) is 54.3 Å². The summed E-state index contributed by atoms with van der Waals surface area (Å²) < 4.78 is 15.2. The summed E-state index contributed by atoms with van der Waals surface area (Å²) in [5.41, 5.74) is 2.89. The molecule has 1 saturated carbocycles. The summed E-state index contributed by atoms with van der Waals surface area (Å²) in [6, 6.07) is 21.8. The Kier molecular flexibility index (Phi) is 5.36. The normalized spacial score (nSPS) is 21.8. The predicted octanol–water partition coefficient (Wildman–Crippen LogP) is 4.71. The van der Waals surface area contributed by atoms with Gasteiger partial charge in [0.2, 0.25) is 11.8 Å². The van der Waals surface area contributed by atoms with Gasteiger partial charge in [-0.2, -0.15) is 5.10 Å². The van der Waals surface area contributed by atoms with E-state index in [0.717, 1.165) is 40.6 Å². The minimum absolute atomic E-state index is 0.0181. The number of aromatic nitrogens is 2. The number of carbonyl (C=O) groups excluding carboxylic acids is 2. The highest BCUT2D eigenvalue weighted by Crippen LogP contribution is 2.42. The molecule has 2 fully saturated rings. The molecule has 6 nitrogen and oxygen atoms in total. The molecule has 1 N–H and O–H groups in total. The third-order valence-corrected chi connectivity index (χ3v) is 7.59. The molecule has 2 atom stereocenters. The average Bonchev–Trinajstić information content (AvgIpc) is 3.62. The largest absolute Gasteiger partial charge is 0.350 e. The number of nitrogens with one attached hydrogen (secondary N) is 1. The van der Waals surface area contributed by atoms with Crippen LogP contribution in [0.5, 0.6) is 0 Å². The molecule has 0 radical (unpaired) electrons. The molecule has 6 rings (SSSR count). The lowest BCUT2D eigenvalue weighted by Gasteiger charge is -2.40. The van der Waals surface area contributed by atoms with E-state index in [0.29, 0.717) is 6.54 Å². The Hall–Kier alpha value is -4.00. The van der Waals surface area contributed by atoms with E-state index >= 15 is 0 Å². The maximum atomic E-state index is 13.4. The first-order chi connectivity index (χ1) is 17.4. The van der Waals surface area contributed by atoms with Crippen LogP contribution in [-0.2, 0) is 21.7 Å². The third-order valence-electron chi connectivity index (χ3n) is 7.59. The highest BCUT2D eigenvalue weighted by molar-refractivity contribution is 5.87. The lowest BCUT2D eigenvalue weighted by molar-refractivity contribution is -0.132. The fraction of sp³-hybridized carbons (Fsp3) is 0.276. The van der Waals surface area contributed by atoms with Crippen molar-refractivity contribution in [1.29, 1.82) is 0 Å². The van der Waals surface area contributed by atoms with Crippen LogP contribution in [0.25, 0.3) is 16.6 Å². The molecule has 182 valence electrons. The highest BCUT2D eigenvalue weighted by Gasteiger charge is 2.52. The number of benzene rings is 3. The molecule has 0 bridgehead atoms. The Bertz CT molecular complexity index is 1450. The second kappa shape index (κ2) is 8.59. The van der Waals surface area contributed by atoms with Crippen LogP contribution < -0.4 is 5.32 Å². The summed E-state index contributed by atoms with van der Waals surface area (Å²) in [7, 11) is 0. The number of hydrogen-bond donors (Lipinski definition) is 1. The van der Waals surface area contributed by atoms with Crippen LogP contribution in [0.1, 0.15) is 37.3 Å². The van der Waals surface area contributed by atoms with Crippen LogP contribution in [0, 0.1) is 11.7 Å². The summed E-state index contributed by atoms with van der Waals surface area (Å²) in [6.07, 6.45) is 3.85. The number of rotatable bonds is 6. The molecule has 7 heteroatoms. The van der Waals surface area contributed by atoms with Gasteiger partial charge in [-0.3, -0.25) is 9.59 Å². The summed E-state index contributed by atoms with van der Waals surface area (Å²) in [6.45, 7) is 2.50. The number of halogens is 1. The molecular formula is C29H27FN4O2. The molecule has 1 aromatic heterocycles. The average molecular weight is 483 g/mol. The van der Waals surface area contributed by atoms with Gasteiger partial charge < -0.3 is 10.2 Å². The van der Waals surface area contributed by atoms with E-state index in [4.69, 9.17) is 0 Å². The zero-order valence-corrected chi connectivity index (χ0v) is 20.0. The minimum Gasteiger partial charge on any atom is -0.350 e. The molecule has 2 aliphatic rings. The van der Waals surface area contributed by atoms with Crippen LogP contribution in [0.4, 0.5) is 4.39 Å². The summed E-state index contributed by atoms with van der Waals surface area (Å²) >= 11 is 0. The van der Waals surface area contributed by atoms with Crippen LogP contribution in [0.3, 0.4) is 0 Å². The molecule has 3 aromatic carbocycles. The molecule has 0 unspecified atom stereocenters. The van der Waals surface area contributed by atoms with Crippen LogP contribution in [0.2, 0.25) is 0 Å². The Labute approximate surface area is 208 Å². The number of likely N-dealkylation sites (tertiary alicyclic amines) is 1. The van der Waals surface area contributed by atoms with Gasteiger partial charge in [0.25, 0.3) is 0 Å². The molecule has 1 aliphatic heterocycles. The maximum absolute atomic E-state index is 13.4. The molecule has 36 heavy (non-hydrogen) atoms. The first kappa shape index (κ1) is 22.5. The van der Waals surface area contributed by atoms with Crippen molar-refractivity contribution in [2.24, 2.45) is 5.92 Å². The van der Waals surface area contributed by atoms with Gasteiger partial charge in [0.05, 0.1) is 29.0 Å². The van der Waals surface area contributed by atoms with E-state index in [1.54, 1.807) is 23.0 Å².